The molecule has 2 fully saturated rings. The van der Waals surface area contributed by atoms with Crippen LogP contribution < -0.4 is 10.1 Å². The third kappa shape index (κ3) is 4.17. The number of methoxy groups -OCH3 is 1. The molecule has 0 saturated heterocycles. The number of nitrogens with zero attached hydrogens (tertiary/aromatic N) is 3. The van der Waals surface area contributed by atoms with Crippen LogP contribution in [0, 0.1) is 5.92 Å². The van der Waals surface area contributed by atoms with Gasteiger partial charge in [0.1, 0.15) is 18.5 Å². The van der Waals surface area contributed by atoms with Crippen LogP contribution in [0.25, 0.3) is 21.3 Å². The normalized spacial score (nSPS) is 24.6. The predicted octanol–water partition coefficient (Wildman–Crippen LogP) is 3.49. The summed E-state index contributed by atoms with van der Waals surface area (Å²) in [7, 11) is 1.57. The first-order valence-electron chi connectivity index (χ1n) is 10.6. The van der Waals surface area contributed by atoms with E-state index in [2.05, 4.69) is 20.3 Å². The van der Waals surface area contributed by atoms with Gasteiger partial charge in [-0.2, -0.15) is 0 Å². The predicted molar refractivity (Wildman–Crippen MR) is 117 cm³/mol. The molecule has 2 aliphatic carbocycles. The number of carbonyl (C=O) groups is 1. The summed E-state index contributed by atoms with van der Waals surface area (Å²) >= 11 is 1.28. The van der Waals surface area contributed by atoms with Crippen LogP contribution in [0.5, 0.6) is 5.75 Å². The molecule has 168 valence electrons. The quantitative estimate of drug-likeness (QED) is 0.558. The number of thiazole rings is 1. The monoisotopic (exact) mass is 458 g/mol. The minimum atomic E-state index is -1.05. The molecule has 1 aromatic carbocycles. The third-order valence-electron chi connectivity index (χ3n) is 5.86. The van der Waals surface area contributed by atoms with Crippen molar-refractivity contribution in [2.75, 3.05) is 12.4 Å². The second-order valence-electron chi connectivity index (χ2n) is 8.10. The summed E-state index contributed by atoms with van der Waals surface area (Å²) in [6.45, 7) is 0.247. The number of fused-ring (bicyclic) bond motifs is 1. The minimum absolute atomic E-state index is 0.155. The number of nitrogens with one attached hydrogen (secondary N) is 1. The van der Waals surface area contributed by atoms with Gasteiger partial charge in [-0.15, -0.1) is 0 Å². The summed E-state index contributed by atoms with van der Waals surface area (Å²) in [5.74, 6) is 0.238. The zero-order chi connectivity index (χ0) is 22.2. The number of ether oxygens (including phenoxy) is 2. The van der Waals surface area contributed by atoms with Crippen LogP contribution in [-0.4, -0.2) is 51.5 Å². The van der Waals surface area contributed by atoms with Gasteiger partial charge >= 0.3 is 0 Å². The number of anilines is 1. The summed E-state index contributed by atoms with van der Waals surface area (Å²) in [6.07, 6.45) is 4.65. The van der Waals surface area contributed by atoms with Crippen molar-refractivity contribution in [2.24, 2.45) is 5.92 Å². The number of rotatable bonds is 7. The van der Waals surface area contributed by atoms with E-state index in [4.69, 9.17) is 9.47 Å². The molecule has 2 saturated carbocycles. The first-order chi connectivity index (χ1) is 15.5. The van der Waals surface area contributed by atoms with Crippen LogP contribution in [0.4, 0.5) is 9.52 Å². The van der Waals surface area contributed by atoms with Crippen molar-refractivity contribution < 1.29 is 23.8 Å². The molecule has 5 rings (SSSR count). The molecule has 1 amide bonds. The SMILES string of the molecule is COc1c(-c2cnc(CO[C@H]3CCC[C@@H]3O)nc2)ccc2nc(NC(=O)[C@H]3C[C@H]3F)sc12. The van der Waals surface area contributed by atoms with Crippen LogP contribution in [0.3, 0.4) is 0 Å². The summed E-state index contributed by atoms with van der Waals surface area (Å²) in [5, 5.41) is 13.0. The van der Waals surface area contributed by atoms with E-state index in [1.807, 2.05) is 12.1 Å². The summed E-state index contributed by atoms with van der Waals surface area (Å²) in [5.41, 5.74) is 2.25. The lowest BCUT2D eigenvalue weighted by Crippen LogP contribution is -2.22. The summed E-state index contributed by atoms with van der Waals surface area (Å²) in [4.78, 5) is 25.3. The lowest BCUT2D eigenvalue weighted by Gasteiger charge is -2.15. The highest BCUT2D eigenvalue weighted by molar-refractivity contribution is 7.22. The number of benzene rings is 1. The van der Waals surface area contributed by atoms with Crippen molar-refractivity contribution in [3.63, 3.8) is 0 Å². The van der Waals surface area contributed by atoms with E-state index < -0.39 is 18.2 Å². The van der Waals surface area contributed by atoms with Gasteiger partial charge in [0.25, 0.3) is 0 Å². The average molecular weight is 459 g/mol. The van der Waals surface area contributed by atoms with Crippen LogP contribution in [0.15, 0.2) is 24.5 Å². The van der Waals surface area contributed by atoms with E-state index in [9.17, 15) is 14.3 Å². The molecule has 2 heterocycles. The van der Waals surface area contributed by atoms with E-state index in [1.165, 1.54) is 11.3 Å². The molecule has 0 bridgehead atoms. The smallest absolute Gasteiger partial charge is 0.232 e. The fourth-order valence-electron chi connectivity index (χ4n) is 3.94. The maximum absolute atomic E-state index is 13.1. The largest absolute Gasteiger partial charge is 0.495 e. The molecule has 8 nitrogen and oxygen atoms in total. The zero-order valence-corrected chi connectivity index (χ0v) is 18.3. The van der Waals surface area contributed by atoms with E-state index in [-0.39, 0.29) is 25.0 Å². The van der Waals surface area contributed by atoms with Gasteiger partial charge in [0.2, 0.25) is 5.91 Å². The number of halogens is 1. The van der Waals surface area contributed by atoms with Crippen molar-refractivity contribution in [2.45, 2.75) is 50.7 Å². The fourth-order valence-corrected chi connectivity index (χ4v) is 4.93. The second kappa shape index (κ2) is 8.68. The number of amides is 1. The molecule has 0 radical (unpaired) electrons. The van der Waals surface area contributed by atoms with Crippen molar-refractivity contribution in [3.05, 3.63) is 30.4 Å². The first kappa shape index (κ1) is 21.2. The van der Waals surface area contributed by atoms with Gasteiger partial charge in [0.05, 0.1) is 35.5 Å². The Morgan fingerprint density at radius 3 is 2.75 bits per heavy atom. The third-order valence-corrected chi connectivity index (χ3v) is 6.84. The number of carbonyl (C=O) groups excluding carboxylic acids is 1. The maximum Gasteiger partial charge on any atom is 0.232 e. The van der Waals surface area contributed by atoms with E-state index in [0.717, 1.165) is 35.1 Å². The van der Waals surface area contributed by atoms with Crippen molar-refractivity contribution in [3.8, 4) is 16.9 Å². The molecule has 10 heteroatoms. The number of aliphatic hydroxyl groups is 1. The van der Waals surface area contributed by atoms with Gasteiger partial charge in [-0.1, -0.05) is 11.3 Å². The minimum Gasteiger partial charge on any atom is -0.495 e. The topological polar surface area (TPSA) is 106 Å². The Balaban J connectivity index is 1.34. The van der Waals surface area contributed by atoms with Crippen LogP contribution in [-0.2, 0) is 16.1 Å². The van der Waals surface area contributed by atoms with Gasteiger partial charge in [-0.25, -0.2) is 19.3 Å². The molecule has 2 N–H and O–H groups in total. The van der Waals surface area contributed by atoms with Gasteiger partial charge < -0.3 is 19.9 Å². The number of hydrogen-bond acceptors (Lipinski definition) is 8. The van der Waals surface area contributed by atoms with E-state index >= 15 is 0 Å². The van der Waals surface area contributed by atoms with Crippen LogP contribution in [0.2, 0.25) is 0 Å². The highest BCUT2D eigenvalue weighted by atomic mass is 32.1. The van der Waals surface area contributed by atoms with Crippen LogP contribution in [0.1, 0.15) is 31.5 Å². The zero-order valence-electron chi connectivity index (χ0n) is 17.5. The Morgan fingerprint density at radius 2 is 2.09 bits per heavy atom. The number of hydrogen-bond donors (Lipinski definition) is 2. The summed E-state index contributed by atoms with van der Waals surface area (Å²) in [6, 6.07) is 3.71. The van der Waals surface area contributed by atoms with Crippen LogP contribution >= 0.6 is 11.3 Å². The molecular formula is C22H23FN4O4S. The standard InChI is InChI=1S/C22H23FN4O4S/c1-30-19-12(11-8-24-18(25-9-11)10-31-17-4-2-3-16(17)28)5-6-15-20(19)32-22(26-15)27-21(29)13-7-14(13)23/h5-6,8-9,13-14,16-17,28H,2-4,7,10H2,1H3,(H,26,27,29)/t13-,14+,16-,17-/m0/s1. The molecule has 0 aliphatic heterocycles. The highest BCUT2D eigenvalue weighted by Crippen LogP contribution is 2.41. The van der Waals surface area contributed by atoms with Crippen molar-refractivity contribution >= 4 is 32.6 Å². The van der Waals surface area contributed by atoms with Gasteiger partial charge in [-0.3, -0.25) is 4.79 Å². The Morgan fingerprint density at radius 1 is 1.31 bits per heavy atom. The van der Waals surface area contributed by atoms with Gasteiger partial charge in [0.15, 0.2) is 11.0 Å². The molecular weight excluding hydrogens is 435 g/mol. The summed E-state index contributed by atoms with van der Waals surface area (Å²) < 4.78 is 25.3. The maximum atomic E-state index is 13.1. The molecule has 32 heavy (non-hydrogen) atoms. The van der Waals surface area contributed by atoms with E-state index in [0.29, 0.717) is 22.2 Å². The Hall–Kier alpha value is -2.69. The molecule has 2 aliphatic rings. The lowest BCUT2D eigenvalue weighted by atomic mass is 10.1. The molecule has 0 spiro atoms. The molecule has 2 aromatic heterocycles. The van der Waals surface area contributed by atoms with Crippen molar-refractivity contribution in [1.29, 1.82) is 0 Å². The Labute approximate surface area is 187 Å². The van der Waals surface area contributed by atoms with Gasteiger partial charge in [-0.05, 0) is 37.8 Å². The van der Waals surface area contributed by atoms with Gasteiger partial charge in [0, 0.05) is 23.5 Å². The fraction of sp³-hybridized carbons (Fsp3) is 0.455. The number of aromatic nitrogens is 3. The lowest BCUT2D eigenvalue weighted by molar-refractivity contribution is -0.117. The highest BCUT2D eigenvalue weighted by Gasteiger charge is 2.44. The van der Waals surface area contributed by atoms with Crippen molar-refractivity contribution in [1.82, 2.24) is 15.0 Å². The Kier molecular flexibility index (Phi) is 5.75. The Bertz CT molecular complexity index is 1140. The molecule has 3 aromatic rings. The first-order valence-corrected chi connectivity index (χ1v) is 11.4. The average Bonchev–Trinajstić information content (AvgIpc) is 3.18. The molecule has 4 atom stereocenters. The number of alkyl halides is 1. The number of aliphatic hydroxyl groups excluding tert-OH is 1. The van der Waals surface area contributed by atoms with E-state index in [1.54, 1.807) is 19.5 Å². The second-order valence-corrected chi connectivity index (χ2v) is 9.10. The molecule has 0 unspecified atom stereocenters.